The molecule has 0 radical (unpaired) electrons. The van der Waals surface area contributed by atoms with E-state index in [4.69, 9.17) is 27.8 Å². The summed E-state index contributed by atoms with van der Waals surface area (Å²) in [4.78, 5) is 3.99. The first kappa shape index (κ1) is 17.6. The average Bonchev–Trinajstić information content (AvgIpc) is 2.57. The number of hydrogen-bond donors (Lipinski definition) is 2. The van der Waals surface area contributed by atoms with E-state index < -0.39 is 0 Å². The maximum absolute atomic E-state index is 5.86. The zero-order chi connectivity index (χ0) is 17.4. The van der Waals surface area contributed by atoms with Crippen LogP contribution in [0.3, 0.4) is 0 Å². The van der Waals surface area contributed by atoms with Crippen LogP contribution in [0.5, 0.6) is 0 Å². The molecule has 24 heavy (non-hydrogen) atoms. The Kier molecular flexibility index (Phi) is 6.46. The topological polar surface area (TPSA) is 73.6 Å². The van der Waals surface area contributed by atoms with Gasteiger partial charge in [-0.15, -0.1) is 0 Å². The van der Waals surface area contributed by atoms with Gasteiger partial charge in [0.15, 0.2) is 5.88 Å². The molecule has 0 fully saturated rings. The Hall–Kier alpha value is -2.72. The van der Waals surface area contributed by atoms with E-state index in [-0.39, 0.29) is 0 Å². The predicted molar refractivity (Wildman–Crippen MR) is 102 cm³/mol. The molecule has 2 aromatic rings. The highest BCUT2D eigenvalue weighted by molar-refractivity contribution is 6.30. The maximum atomic E-state index is 5.86. The van der Waals surface area contributed by atoms with Crippen molar-refractivity contribution in [2.24, 2.45) is 10.7 Å². The average molecular weight is 342 g/mol. The van der Waals surface area contributed by atoms with Crippen molar-refractivity contribution in [1.29, 1.82) is 0 Å². The van der Waals surface area contributed by atoms with Crippen LogP contribution in [0, 0.1) is 0 Å². The second-order valence-corrected chi connectivity index (χ2v) is 5.57. The fraction of sp³-hybridized carbons (Fsp3) is 0.105. The van der Waals surface area contributed by atoms with E-state index in [1.807, 2.05) is 48.5 Å². The first-order chi connectivity index (χ1) is 11.6. The molecule has 5 heteroatoms. The minimum atomic E-state index is 0.314. The molecule has 124 valence electrons. The molecule has 0 bridgehead atoms. The van der Waals surface area contributed by atoms with Crippen molar-refractivity contribution >= 4 is 29.7 Å². The van der Waals surface area contributed by atoms with Gasteiger partial charge in [-0.05, 0) is 48.7 Å². The molecule has 4 N–H and O–H groups in total. The number of halogens is 1. The molecule has 0 spiro atoms. The van der Waals surface area contributed by atoms with Gasteiger partial charge in [0.2, 0.25) is 0 Å². The van der Waals surface area contributed by atoms with Gasteiger partial charge >= 0.3 is 0 Å². The van der Waals surface area contributed by atoms with Crippen LogP contribution in [0.2, 0.25) is 5.02 Å². The molecule has 0 aliphatic heterocycles. The van der Waals surface area contributed by atoms with Gasteiger partial charge in [-0.25, -0.2) is 0 Å². The van der Waals surface area contributed by atoms with Crippen molar-refractivity contribution in [3.05, 3.63) is 82.7 Å². The van der Waals surface area contributed by atoms with Crippen molar-refractivity contribution in [3.63, 3.8) is 0 Å². The van der Waals surface area contributed by atoms with Gasteiger partial charge in [0.05, 0.1) is 12.3 Å². The van der Waals surface area contributed by atoms with Crippen molar-refractivity contribution in [1.82, 2.24) is 0 Å². The highest BCUT2D eigenvalue weighted by atomic mass is 35.5. The Balaban J connectivity index is 1.93. The summed E-state index contributed by atoms with van der Waals surface area (Å²) < 4.78 is 5.51. The molecular formula is C19H20ClN3O. The largest absolute Gasteiger partial charge is 0.479 e. The second kappa shape index (κ2) is 8.79. The second-order valence-electron chi connectivity index (χ2n) is 5.13. The number of nitrogens with two attached hydrogens (primary N) is 2. The standard InChI is InChI=1S/C19H20ClN3O/c1-23-18(15-3-2-4-17(21)13-15)9-10-19(22)24-12-11-14-5-7-16(20)8-6-14/h2-10,13H,1,11-12,21-22H2/b18-9-,19-10+. The summed E-state index contributed by atoms with van der Waals surface area (Å²) in [6, 6.07) is 15.0. The minimum absolute atomic E-state index is 0.314. The quantitative estimate of drug-likeness (QED) is 0.345. The number of nitrogen functional groups attached to an aromatic ring is 1. The van der Waals surface area contributed by atoms with E-state index in [1.54, 1.807) is 12.2 Å². The predicted octanol–water partition coefficient (Wildman–Crippen LogP) is 4.02. The summed E-state index contributed by atoms with van der Waals surface area (Å²) in [7, 11) is 0. The molecular weight excluding hydrogens is 322 g/mol. The third-order valence-corrected chi connectivity index (χ3v) is 3.58. The first-order valence-electron chi connectivity index (χ1n) is 7.46. The smallest absolute Gasteiger partial charge is 0.184 e. The molecule has 2 aromatic carbocycles. The number of hydrogen-bond acceptors (Lipinski definition) is 4. The lowest BCUT2D eigenvalue weighted by Crippen LogP contribution is -2.05. The fourth-order valence-corrected chi connectivity index (χ4v) is 2.21. The van der Waals surface area contributed by atoms with Gasteiger partial charge in [0.25, 0.3) is 0 Å². The summed E-state index contributed by atoms with van der Waals surface area (Å²) in [6.07, 6.45) is 4.16. The van der Waals surface area contributed by atoms with E-state index >= 15 is 0 Å². The number of aliphatic imine (C=N–C) groups is 1. The molecule has 0 unspecified atom stereocenters. The number of allylic oxidation sites excluding steroid dienone is 2. The van der Waals surface area contributed by atoms with Crippen LogP contribution >= 0.6 is 11.6 Å². The third kappa shape index (κ3) is 5.48. The van der Waals surface area contributed by atoms with Crippen LogP contribution in [-0.2, 0) is 11.2 Å². The number of nitrogens with zero attached hydrogens (tertiary/aromatic N) is 1. The Morgan fingerprint density at radius 1 is 1.17 bits per heavy atom. The summed E-state index contributed by atoms with van der Waals surface area (Å²) in [5.74, 6) is 0.314. The Morgan fingerprint density at radius 2 is 1.92 bits per heavy atom. The van der Waals surface area contributed by atoms with Crippen LogP contribution in [0.15, 0.2) is 71.6 Å². The Labute approximate surface area is 147 Å². The van der Waals surface area contributed by atoms with Crippen LogP contribution in [0.1, 0.15) is 11.1 Å². The van der Waals surface area contributed by atoms with Gasteiger partial charge in [-0.2, -0.15) is 0 Å². The first-order valence-corrected chi connectivity index (χ1v) is 7.83. The molecule has 0 saturated heterocycles. The molecule has 0 heterocycles. The van der Waals surface area contributed by atoms with Crippen molar-refractivity contribution in [2.75, 3.05) is 12.3 Å². The zero-order valence-electron chi connectivity index (χ0n) is 13.3. The molecule has 0 atom stereocenters. The van der Waals surface area contributed by atoms with Crippen LogP contribution in [0.25, 0.3) is 5.70 Å². The van der Waals surface area contributed by atoms with E-state index in [0.717, 1.165) is 22.6 Å². The van der Waals surface area contributed by atoms with E-state index in [0.29, 0.717) is 23.9 Å². The van der Waals surface area contributed by atoms with E-state index in [9.17, 15) is 0 Å². The molecule has 0 aliphatic carbocycles. The van der Waals surface area contributed by atoms with Gasteiger partial charge in [-0.3, -0.25) is 4.99 Å². The Bertz CT molecular complexity index is 751. The SMILES string of the molecule is C=N/C(=C\C=C(/N)OCCc1ccc(Cl)cc1)c1cccc(N)c1. The minimum Gasteiger partial charge on any atom is -0.479 e. The van der Waals surface area contributed by atoms with Gasteiger partial charge < -0.3 is 16.2 Å². The summed E-state index contributed by atoms with van der Waals surface area (Å²) >= 11 is 5.85. The summed E-state index contributed by atoms with van der Waals surface area (Å²) in [6.45, 7) is 4.05. The molecule has 0 saturated carbocycles. The lowest BCUT2D eigenvalue weighted by molar-refractivity contribution is 0.213. The van der Waals surface area contributed by atoms with Gasteiger partial charge in [-0.1, -0.05) is 35.9 Å². The van der Waals surface area contributed by atoms with Crippen LogP contribution in [-0.4, -0.2) is 13.3 Å². The summed E-state index contributed by atoms with van der Waals surface area (Å²) in [5, 5.41) is 0.718. The highest BCUT2D eigenvalue weighted by Gasteiger charge is 1.99. The number of ether oxygens (including phenoxy) is 1. The van der Waals surface area contributed by atoms with E-state index in [1.165, 1.54) is 0 Å². The molecule has 0 amide bonds. The Morgan fingerprint density at radius 3 is 2.58 bits per heavy atom. The maximum Gasteiger partial charge on any atom is 0.184 e. The van der Waals surface area contributed by atoms with Crippen molar-refractivity contribution in [2.45, 2.75) is 6.42 Å². The van der Waals surface area contributed by atoms with Gasteiger partial charge in [0.1, 0.15) is 0 Å². The summed E-state index contributed by atoms with van der Waals surface area (Å²) in [5.41, 5.74) is 15.0. The highest BCUT2D eigenvalue weighted by Crippen LogP contribution is 2.18. The van der Waals surface area contributed by atoms with Crippen molar-refractivity contribution < 1.29 is 4.74 Å². The number of anilines is 1. The monoisotopic (exact) mass is 341 g/mol. The molecule has 0 aliphatic rings. The zero-order valence-corrected chi connectivity index (χ0v) is 14.0. The van der Waals surface area contributed by atoms with Crippen molar-refractivity contribution in [3.8, 4) is 0 Å². The van der Waals surface area contributed by atoms with E-state index in [2.05, 4.69) is 11.7 Å². The lowest BCUT2D eigenvalue weighted by Gasteiger charge is -2.06. The normalized spacial score (nSPS) is 12.0. The molecule has 0 aromatic heterocycles. The lowest BCUT2D eigenvalue weighted by atomic mass is 10.1. The molecule has 2 rings (SSSR count). The molecule has 4 nitrogen and oxygen atoms in total. The fourth-order valence-electron chi connectivity index (χ4n) is 2.09. The number of benzene rings is 2. The number of rotatable bonds is 7. The van der Waals surface area contributed by atoms with Gasteiger partial charge in [0, 0.05) is 22.7 Å². The van der Waals surface area contributed by atoms with Crippen LogP contribution in [0.4, 0.5) is 5.69 Å². The third-order valence-electron chi connectivity index (χ3n) is 3.33. The van der Waals surface area contributed by atoms with Crippen LogP contribution < -0.4 is 11.5 Å².